The second kappa shape index (κ2) is 7.24. The van der Waals surface area contributed by atoms with Crippen LogP contribution in [0.4, 0.5) is 4.79 Å². The first-order valence-electron chi connectivity index (χ1n) is 8.80. The van der Waals surface area contributed by atoms with Crippen LogP contribution >= 0.6 is 11.8 Å². The van der Waals surface area contributed by atoms with Gasteiger partial charge in [-0.15, -0.1) is 0 Å². The van der Waals surface area contributed by atoms with E-state index >= 15 is 0 Å². The maximum atomic E-state index is 12.5. The summed E-state index contributed by atoms with van der Waals surface area (Å²) in [5.41, 5.74) is 2.85. The minimum Gasteiger partial charge on any atom is -0.497 e. The third-order valence-electron chi connectivity index (χ3n) is 5.01. The van der Waals surface area contributed by atoms with Crippen LogP contribution < -0.4 is 9.47 Å². The molecule has 28 heavy (non-hydrogen) atoms. The van der Waals surface area contributed by atoms with Gasteiger partial charge in [0.15, 0.2) is 0 Å². The predicted molar refractivity (Wildman–Crippen MR) is 109 cm³/mol. The highest BCUT2D eigenvalue weighted by molar-refractivity contribution is 8.15. The van der Waals surface area contributed by atoms with Gasteiger partial charge in [-0.05, 0) is 47.7 Å². The van der Waals surface area contributed by atoms with Gasteiger partial charge in [0.2, 0.25) is 5.91 Å². The number of rotatable bonds is 5. The number of carbonyl (C=O) groups is 2. The van der Waals surface area contributed by atoms with Gasteiger partial charge in [-0.25, -0.2) is 0 Å². The first-order chi connectivity index (χ1) is 13.5. The fraction of sp³-hybridized carbons (Fsp3) is 0.238. The van der Waals surface area contributed by atoms with Crippen LogP contribution in [0.3, 0.4) is 0 Å². The molecule has 0 aliphatic carbocycles. The molecule has 1 aliphatic heterocycles. The molecule has 144 valence electrons. The standard InChI is InChI=1S/C21H20N2O4S/c1-22-20(24)19(28-21(22)25)16-5-4-6-17-15(16)9-10-23(17)12-13-11-14(26-2)7-8-18(13)27-3/h4-11,19H,12H2,1-3H3. The zero-order valence-corrected chi connectivity index (χ0v) is 16.7. The Morgan fingerprint density at radius 3 is 2.57 bits per heavy atom. The lowest BCUT2D eigenvalue weighted by Crippen LogP contribution is -2.24. The Kier molecular flexibility index (Phi) is 4.77. The topological polar surface area (TPSA) is 60.8 Å². The van der Waals surface area contributed by atoms with Gasteiger partial charge in [-0.2, -0.15) is 0 Å². The summed E-state index contributed by atoms with van der Waals surface area (Å²) in [5, 5.41) is 0.259. The van der Waals surface area contributed by atoms with E-state index in [4.69, 9.17) is 9.47 Å². The third kappa shape index (κ3) is 3.01. The average molecular weight is 396 g/mol. The normalized spacial score (nSPS) is 16.8. The van der Waals surface area contributed by atoms with E-state index in [1.54, 1.807) is 14.2 Å². The van der Waals surface area contributed by atoms with E-state index < -0.39 is 5.25 Å². The highest BCUT2D eigenvalue weighted by atomic mass is 32.2. The molecule has 1 fully saturated rings. The number of benzene rings is 2. The van der Waals surface area contributed by atoms with Crippen LogP contribution in [-0.4, -0.2) is 41.9 Å². The second-order valence-electron chi connectivity index (χ2n) is 6.56. The van der Waals surface area contributed by atoms with Crippen molar-refractivity contribution in [3.8, 4) is 11.5 Å². The number of thioether (sulfide) groups is 1. The van der Waals surface area contributed by atoms with E-state index in [-0.39, 0.29) is 11.1 Å². The quantitative estimate of drug-likeness (QED) is 0.651. The largest absolute Gasteiger partial charge is 0.497 e. The smallest absolute Gasteiger partial charge is 0.289 e. The summed E-state index contributed by atoms with van der Waals surface area (Å²) < 4.78 is 12.9. The number of fused-ring (bicyclic) bond motifs is 1. The molecule has 2 aromatic carbocycles. The molecule has 3 aromatic rings. The lowest BCUT2D eigenvalue weighted by atomic mass is 10.1. The van der Waals surface area contributed by atoms with Crippen LogP contribution in [0, 0.1) is 0 Å². The van der Waals surface area contributed by atoms with Gasteiger partial charge < -0.3 is 14.0 Å². The zero-order chi connectivity index (χ0) is 19.8. The second-order valence-corrected chi connectivity index (χ2v) is 7.62. The number of hydrogen-bond donors (Lipinski definition) is 0. The first-order valence-corrected chi connectivity index (χ1v) is 9.68. The van der Waals surface area contributed by atoms with Crippen LogP contribution in [0.15, 0.2) is 48.7 Å². The molecule has 2 amide bonds. The summed E-state index contributed by atoms with van der Waals surface area (Å²) in [6.45, 7) is 0.595. The van der Waals surface area contributed by atoms with E-state index in [0.29, 0.717) is 6.54 Å². The molecule has 7 heteroatoms. The predicted octanol–water partition coefficient (Wildman–Crippen LogP) is 4.07. The number of imide groups is 1. The van der Waals surface area contributed by atoms with Gasteiger partial charge >= 0.3 is 0 Å². The molecule has 1 aromatic heterocycles. The average Bonchev–Trinajstić information content (AvgIpc) is 3.24. The van der Waals surface area contributed by atoms with E-state index in [1.807, 2.05) is 48.7 Å². The number of likely N-dealkylation sites (N-methyl/N-ethyl adjacent to an activating group) is 1. The first kappa shape index (κ1) is 18.4. The third-order valence-corrected chi connectivity index (χ3v) is 6.17. The lowest BCUT2D eigenvalue weighted by molar-refractivity contribution is -0.125. The Labute approximate surface area is 167 Å². The minimum absolute atomic E-state index is 0.176. The number of ether oxygens (including phenoxy) is 2. The highest BCUT2D eigenvalue weighted by Gasteiger charge is 2.39. The molecule has 0 saturated carbocycles. The van der Waals surface area contributed by atoms with Crippen LogP contribution in [0.25, 0.3) is 10.9 Å². The van der Waals surface area contributed by atoms with Gasteiger partial charge in [0.05, 0.1) is 20.8 Å². The number of nitrogens with zero attached hydrogens (tertiary/aromatic N) is 2. The van der Waals surface area contributed by atoms with Crippen LogP contribution in [0.1, 0.15) is 16.4 Å². The van der Waals surface area contributed by atoms with Gasteiger partial charge in [-0.1, -0.05) is 12.1 Å². The SMILES string of the molecule is COc1ccc(OC)c(Cn2ccc3c(C4SC(=O)N(C)C4=O)cccc32)c1. The monoisotopic (exact) mass is 396 g/mol. The van der Waals surface area contributed by atoms with Crippen LogP contribution in [-0.2, 0) is 11.3 Å². The van der Waals surface area contributed by atoms with Gasteiger partial charge in [-0.3, -0.25) is 14.5 Å². The Hall–Kier alpha value is -2.93. The van der Waals surface area contributed by atoms with Crippen molar-refractivity contribution in [2.45, 2.75) is 11.8 Å². The molecule has 1 saturated heterocycles. The van der Waals surface area contributed by atoms with Crippen LogP contribution in [0.5, 0.6) is 11.5 Å². The summed E-state index contributed by atoms with van der Waals surface area (Å²) in [6, 6.07) is 13.6. The maximum absolute atomic E-state index is 12.5. The molecule has 6 nitrogen and oxygen atoms in total. The van der Waals surface area contributed by atoms with Gasteiger partial charge in [0.25, 0.3) is 5.24 Å². The van der Waals surface area contributed by atoms with Crippen molar-refractivity contribution in [2.24, 2.45) is 0 Å². The maximum Gasteiger partial charge on any atom is 0.289 e. The van der Waals surface area contributed by atoms with Gasteiger partial charge in [0.1, 0.15) is 16.7 Å². The van der Waals surface area contributed by atoms with Gasteiger partial charge in [0, 0.05) is 29.7 Å². The van der Waals surface area contributed by atoms with E-state index in [9.17, 15) is 9.59 Å². The van der Waals surface area contributed by atoms with Crippen molar-refractivity contribution >= 4 is 33.8 Å². The van der Waals surface area contributed by atoms with Crippen molar-refractivity contribution in [3.05, 3.63) is 59.8 Å². The fourth-order valence-corrected chi connectivity index (χ4v) is 4.54. The molecule has 2 heterocycles. The molecule has 1 aliphatic rings. The van der Waals surface area contributed by atoms with E-state index in [1.165, 1.54) is 11.9 Å². The van der Waals surface area contributed by atoms with Crippen molar-refractivity contribution in [1.82, 2.24) is 9.47 Å². The molecular weight excluding hydrogens is 376 g/mol. The summed E-state index contributed by atoms with van der Waals surface area (Å²) in [5.74, 6) is 1.37. The van der Waals surface area contributed by atoms with E-state index in [2.05, 4.69) is 4.57 Å². The molecule has 0 N–H and O–H groups in total. The summed E-state index contributed by atoms with van der Waals surface area (Å²) in [7, 11) is 4.81. The highest BCUT2D eigenvalue weighted by Crippen LogP contribution is 2.41. The Morgan fingerprint density at radius 1 is 1.07 bits per heavy atom. The molecule has 1 unspecified atom stereocenters. The van der Waals surface area contributed by atoms with Crippen molar-refractivity contribution in [2.75, 3.05) is 21.3 Å². The Bertz CT molecular complexity index is 1080. The number of aromatic nitrogens is 1. The number of methoxy groups -OCH3 is 2. The Balaban J connectivity index is 1.74. The van der Waals surface area contributed by atoms with Crippen molar-refractivity contribution in [1.29, 1.82) is 0 Å². The summed E-state index contributed by atoms with van der Waals surface area (Å²) >= 11 is 1.07. The van der Waals surface area contributed by atoms with E-state index in [0.717, 1.165) is 45.3 Å². The lowest BCUT2D eigenvalue weighted by Gasteiger charge is -2.13. The molecule has 4 rings (SSSR count). The Morgan fingerprint density at radius 2 is 1.89 bits per heavy atom. The van der Waals surface area contributed by atoms with Crippen molar-refractivity contribution < 1.29 is 19.1 Å². The molecule has 1 atom stereocenters. The van der Waals surface area contributed by atoms with Crippen LogP contribution in [0.2, 0.25) is 0 Å². The summed E-state index contributed by atoms with van der Waals surface area (Å²) in [4.78, 5) is 25.6. The fourth-order valence-electron chi connectivity index (χ4n) is 3.50. The molecule has 0 radical (unpaired) electrons. The molecule has 0 spiro atoms. The van der Waals surface area contributed by atoms with Crippen molar-refractivity contribution in [3.63, 3.8) is 0 Å². The number of hydrogen-bond acceptors (Lipinski definition) is 5. The minimum atomic E-state index is -0.497. The molecule has 0 bridgehead atoms. The number of carbonyl (C=O) groups excluding carboxylic acids is 2. The number of amides is 2. The molecular formula is C21H20N2O4S. The zero-order valence-electron chi connectivity index (χ0n) is 15.8. The summed E-state index contributed by atoms with van der Waals surface area (Å²) in [6.07, 6.45) is 1.99.